The highest BCUT2D eigenvalue weighted by atomic mass is 16.8. The van der Waals surface area contributed by atoms with E-state index in [1.54, 1.807) is 66.7 Å². The summed E-state index contributed by atoms with van der Waals surface area (Å²) in [5.41, 5.74) is -0.448. The van der Waals surface area contributed by atoms with Gasteiger partial charge in [-0.3, -0.25) is 15.6 Å². The van der Waals surface area contributed by atoms with Crippen LogP contribution < -0.4 is 15.7 Å². The molecule has 3 aromatic rings. The van der Waals surface area contributed by atoms with Gasteiger partial charge < -0.3 is 26.1 Å². The second kappa shape index (κ2) is 9.87. The van der Waals surface area contributed by atoms with Crippen LogP contribution in [0.2, 0.25) is 0 Å². The first-order valence-corrected chi connectivity index (χ1v) is 9.04. The maximum Gasteiger partial charge on any atom is 0.113 e. The molecule has 0 aliphatic carbocycles. The molecule has 0 saturated carbocycles. The van der Waals surface area contributed by atoms with Crippen LogP contribution in [0, 0.1) is 15.6 Å². The number of hydrogen-bond acceptors (Lipinski definition) is 9. The molecule has 0 aliphatic rings. The summed E-state index contributed by atoms with van der Waals surface area (Å²) in [6.45, 7) is 0. The Bertz CT molecular complexity index is 988. The Labute approximate surface area is 177 Å². The lowest BCUT2D eigenvalue weighted by molar-refractivity contribution is 0.0290. The van der Waals surface area contributed by atoms with Crippen molar-refractivity contribution in [2.45, 2.75) is 0 Å². The van der Waals surface area contributed by atoms with Crippen LogP contribution in [0.25, 0.3) is 24.3 Å². The molecule has 0 atom stereocenters. The monoisotopic (exact) mass is 420 g/mol. The molecule has 0 radical (unpaired) electrons. The second-order valence-corrected chi connectivity index (χ2v) is 6.40. The Kier molecular flexibility index (Phi) is 7.00. The largest absolute Gasteiger partial charge is 0.769 e. The molecule has 0 unspecified atom stereocenters. The highest BCUT2D eigenvalue weighted by Crippen LogP contribution is 2.41. The molecule has 160 valence electrons. The summed E-state index contributed by atoms with van der Waals surface area (Å²) in [5, 5.41) is 62.7. The Morgan fingerprint density at radius 1 is 0.613 bits per heavy atom. The van der Waals surface area contributed by atoms with E-state index in [0.29, 0.717) is 5.56 Å². The van der Waals surface area contributed by atoms with Gasteiger partial charge in [0.25, 0.3) is 0 Å². The van der Waals surface area contributed by atoms with Crippen molar-refractivity contribution < 1.29 is 15.6 Å². The Hall–Kier alpha value is -3.70. The lowest BCUT2D eigenvalue weighted by Crippen LogP contribution is -2.19. The molecule has 0 bridgehead atoms. The minimum atomic E-state index is -0.782. The fraction of sp³-hybridized carbons (Fsp3) is 0. The third-order valence-corrected chi connectivity index (χ3v) is 4.42. The molecule has 0 spiro atoms. The van der Waals surface area contributed by atoms with Crippen LogP contribution in [0.1, 0.15) is 22.3 Å². The van der Waals surface area contributed by atoms with Crippen molar-refractivity contribution in [2.75, 3.05) is 15.7 Å². The van der Waals surface area contributed by atoms with Gasteiger partial charge in [0.2, 0.25) is 0 Å². The summed E-state index contributed by atoms with van der Waals surface area (Å²) in [6.07, 6.45) is 5.79. The van der Waals surface area contributed by atoms with Crippen molar-refractivity contribution in [3.8, 4) is 0 Å². The van der Waals surface area contributed by atoms with Gasteiger partial charge in [-0.15, -0.1) is 5.23 Å². The van der Waals surface area contributed by atoms with Crippen LogP contribution >= 0.6 is 0 Å². The first-order valence-electron chi connectivity index (χ1n) is 9.04. The molecule has 0 heterocycles. The Balaban J connectivity index is 2.24. The van der Waals surface area contributed by atoms with E-state index in [2.05, 4.69) is 0 Å². The molecule has 0 amide bonds. The number of anilines is 3. The predicted octanol–water partition coefficient (Wildman–Crippen LogP) is 5.11. The number of benzene rings is 3. The van der Waals surface area contributed by atoms with E-state index in [-0.39, 0.29) is 16.4 Å². The first kappa shape index (κ1) is 22.0. The zero-order chi connectivity index (χ0) is 22.4. The molecule has 0 aliphatic heterocycles. The van der Waals surface area contributed by atoms with Crippen LogP contribution in [0.15, 0.2) is 66.7 Å². The molecule has 3 rings (SSSR count). The van der Waals surface area contributed by atoms with Crippen molar-refractivity contribution in [3.63, 3.8) is 0 Å². The smallest absolute Gasteiger partial charge is 0.113 e. The normalized spacial score (nSPS) is 11.3. The van der Waals surface area contributed by atoms with E-state index >= 15 is 0 Å². The van der Waals surface area contributed by atoms with Gasteiger partial charge in [-0.05, 0) is 23.3 Å². The fourth-order valence-corrected chi connectivity index (χ4v) is 3.01. The van der Waals surface area contributed by atoms with E-state index in [1.165, 1.54) is 12.2 Å². The molecular weight excluding hydrogens is 402 g/mol. The third-order valence-electron chi connectivity index (χ3n) is 4.42. The highest BCUT2D eigenvalue weighted by molar-refractivity contribution is 5.95. The molecule has 9 nitrogen and oxygen atoms in total. The molecule has 9 heteroatoms. The zero-order valence-electron chi connectivity index (χ0n) is 16.1. The maximum absolute atomic E-state index is 11.7. The van der Waals surface area contributed by atoms with E-state index in [1.807, 2.05) is 6.07 Å². The van der Waals surface area contributed by atoms with Crippen LogP contribution in [-0.4, -0.2) is 15.6 Å². The molecule has 3 aromatic carbocycles. The average molecular weight is 420 g/mol. The van der Waals surface area contributed by atoms with Crippen LogP contribution in [0.5, 0.6) is 0 Å². The van der Waals surface area contributed by atoms with Crippen LogP contribution in [-0.2, 0) is 0 Å². The van der Waals surface area contributed by atoms with E-state index in [9.17, 15) is 31.2 Å². The van der Waals surface area contributed by atoms with Gasteiger partial charge in [0.05, 0.1) is 5.69 Å². The zero-order valence-corrected chi connectivity index (χ0v) is 16.1. The molecule has 0 saturated heterocycles. The predicted molar refractivity (Wildman–Crippen MR) is 120 cm³/mol. The van der Waals surface area contributed by atoms with Gasteiger partial charge in [0.1, 0.15) is 5.69 Å². The van der Waals surface area contributed by atoms with Gasteiger partial charge in [-0.25, -0.2) is 0 Å². The van der Waals surface area contributed by atoms with E-state index < -0.39 is 27.5 Å². The van der Waals surface area contributed by atoms with Crippen LogP contribution in [0.4, 0.5) is 17.1 Å². The third kappa shape index (κ3) is 5.27. The lowest BCUT2D eigenvalue weighted by atomic mass is 10.00. The van der Waals surface area contributed by atoms with Crippen LogP contribution in [0.3, 0.4) is 0 Å². The summed E-state index contributed by atoms with van der Waals surface area (Å²) in [6, 6.07) is 18.6. The van der Waals surface area contributed by atoms with Crippen molar-refractivity contribution in [3.05, 3.63) is 105 Å². The van der Waals surface area contributed by atoms with Gasteiger partial charge in [-0.1, -0.05) is 78.9 Å². The summed E-state index contributed by atoms with van der Waals surface area (Å²) < 4.78 is 0. The number of rotatable bonds is 7. The number of nitrogens with zero attached hydrogens (tertiary/aromatic N) is 3. The second-order valence-electron chi connectivity index (χ2n) is 6.40. The fourth-order valence-electron chi connectivity index (χ4n) is 3.01. The van der Waals surface area contributed by atoms with Crippen molar-refractivity contribution in [1.82, 2.24) is 0 Å². The Morgan fingerprint density at radius 3 is 1.45 bits per heavy atom. The van der Waals surface area contributed by atoms with Gasteiger partial charge in [-0.2, -0.15) is 0 Å². The van der Waals surface area contributed by atoms with Gasteiger partial charge in [0.15, 0.2) is 0 Å². The molecule has 0 aromatic heterocycles. The quantitative estimate of drug-likeness (QED) is 0.351. The van der Waals surface area contributed by atoms with Crippen molar-refractivity contribution >= 4 is 41.4 Å². The SMILES string of the molecule is [O-]N([O-])c1cc(N([O-])O)c(C=Cc2ccccc2)c(N(O)O)c1C=Cc1ccccc1. The Morgan fingerprint density at radius 2 is 1.06 bits per heavy atom. The minimum absolute atomic E-state index is 0.135. The van der Waals surface area contributed by atoms with Gasteiger partial charge >= 0.3 is 0 Å². The molecule has 3 N–H and O–H groups in total. The summed E-state index contributed by atoms with van der Waals surface area (Å²) in [7, 11) is 0. The lowest BCUT2D eigenvalue weighted by Gasteiger charge is -2.41. The van der Waals surface area contributed by atoms with Gasteiger partial charge in [0, 0.05) is 16.8 Å². The van der Waals surface area contributed by atoms with Crippen molar-refractivity contribution in [2.24, 2.45) is 0 Å². The topological polar surface area (TPSA) is 140 Å². The van der Waals surface area contributed by atoms with E-state index in [4.69, 9.17) is 0 Å². The summed E-state index contributed by atoms with van der Waals surface area (Å²) >= 11 is 0. The maximum atomic E-state index is 11.7. The molecule has 0 fully saturated rings. The molecular formula is C22H18N3O6-3. The summed E-state index contributed by atoms with van der Waals surface area (Å²) in [4.78, 5) is 0. The van der Waals surface area contributed by atoms with E-state index in [0.717, 1.165) is 11.6 Å². The molecule has 31 heavy (non-hydrogen) atoms. The average Bonchev–Trinajstić information content (AvgIpc) is 2.76. The van der Waals surface area contributed by atoms with Crippen molar-refractivity contribution in [1.29, 1.82) is 0 Å². The minimum Gasteiger partial charge on any atom is -0.769 e. The number of hydrogen-bond donors (Lipinski definition) is 3. The highest BCUT2D eigenvalue weighted by Gasteiger charge is 2.19. The standard InChI is InChI=1S/C22H18N3O6/c26-23(27)20-15-21(24(28)29)19(14-12-17-9-5-2-6-10-17)22(25(30)31)18(20)13-11-16-7-3-1-4-8-16/h1-15,26,30-31H/q-3. The summed E-state index contributed by atoms with van der Waals surface area (Å²) in [5.74, 6) is 0. The first-order chi connectivity index (χ1) is 14.9.